The fourth-order valence-corrected chi connectivity index (χ4v) is 4.03. The average molecular weight is 369 g/mol. The normalized spacial score (nSPS) is 18.0. The molecule has 0 bridgehead atoms. The van der Waals surface area contributed by atoms with Gasteiger partial charge in [-0.2, -0.15) is 17.4 Å². The minimum absolute atomic E-state index is 0.225. The molecule has 1 N–H and O–H groups in total. The summed E-state index contributed by atoms with van der Waals surface area (Å²) in [6.07, 6.45) is 0. The SMILES string of the molecule is CCOC(=O)C(C)NS(=O)(=O)N1CCN(Cc2ccc(C)cc2)CC1. The number of hydrogen-bond donors (Lipinski definition) is 1. The van der Waals surface area contributed by atoms with E-state index in [1.54, 1.807) is 6.92 Å². The highest BCUT2D eigenvalue weighted by molar-refractivity contribution is 7.87. The number of esters is 1. The van der Waals surface area contributed by atoms with Crippen molar-refractivity contribution in [1.82, 2.24) is 13.9 Å². The maximum Gasteiger partial charge on any atom is 0.323 e. The number of nitrogens with one attached hydrogen (secondary N) is 1. The Hall–Kier alpha value is -1.48. The first-order chi connectivity index (χ1) is 11.8. The quantitative estimate of drug-likeness (QED) is 0.723. The van der Waals surface area contributed by atoms with E-state index in [0.717, 1.165) is 6.54 Å². The van der Waals surface area contributed by atoms with Crippen molar-refractivity contribution in [2.24, 2.45) is 0 Å². The summed E-state index contributed by atoms with van der Waals surface area (Å²) in [6.45, 7) is 8.37. The summed E-state index contributed by atoms with van der Waals surface area (Å²) in [5.74, 6) is -0.566. The summed E-state index contributed by atoms with van der Waals surface area (Å²) < 4.78 is 33.4. The van der Waals surface area contributed by atoms with Gasteiger partial charge in [-0.25, -0.2) is 0 Å². The topological polar surface area (TPSA) is 78.9 Å². The van der Waals surface area contributed by atoms with Gasteiger partial charge >= 0.3 is 5.97 Å². The highest BCUT2D eigenvalue weighted by atomic mass is 32.2. The first kappa shape index (κ1) is 19.8. The number of carbonyl (C=O) groups excluding carboxylic acids is 1. The van der Waals surface area contributed by atoms with Gasteiger partial charge in [0.2, 0.25) is 0 Å². The van der Waals surface area contributed by atoms with Crippen molar-refractivity contribution in [2.45, 2.75) is 33.4 Å². The second-order valence-electron chi connectivity index (χ2n) is 6.26. The van der Waals surface area contributed by atoms with Crippen LogP contribution in [0.2, 0.25) is 0 Å². The third-order valence-electron chi connectivity index (χ3n) is 4.16. The minimum atomic E-state index is -3.69. The fourth-order valence-electron chi connectivity index (χ4n) is 2.69. The smallest absolute Gasteiger partial charge is 0.323 e. The molecule has 0 spiro atoms. The van der Waals surface area contributed by atoms with Gasteiger partial charge in [0.15, 0.2) is 0 Å². The first-order valence-electron chi connectivity index (χ1n) is 8.53. The van der Waals surface area contributed by atoms with Crippen LogP contribution in [0.4, 0.5) is 0 Å². The fraction of sp³-hybridized carbons (Fsp3) is 0.588. The maximum absolute atomic E-state index is 12.4. The molecule has 7 nitrogen and oxygen atoms in total. The summed E-state index contributed by atoms with van der Waals surface area (Å²) in [4.78, 5) is 13.8. The Balaban J connectivity index is 1.85. The molecule has 0 amide bonds. The van der Waals surface area contributed by atoms with Crippen LogP contribution in [0.15, 0.2) is 24.3 Å². The van der Waals surface area contributed by atoms with E-state index < -0.39 is 22.2 Å². The van der Waals surface area contributed by atoms with Gasteiger partial charge in [0.05, 0.1) is 6.61 Å². The summed E-state index contributed by atoms with van der Waals surface area (Å²) in [5, 5.41) is 0. The molecule has 1 aromatic carbocycles. The standard InChI is InChI=1S/C17H27N3O4S/c1-4-24-17(21)15(3)18-25(22,23)20-11-9-19(10-12-20)13-16-7-5-14(2)6-8-16/h5-8,15,18H,4,9-13H2,1-3H3. The van der Waals surface area contributed by atoms with Crippen LogP contribution >= 0.6 is 0 Å². The van der Waals surface area contributed by atoms with Gasteiger partial charge in [-0.05, 0) is 26.3 Å². The summed E-state index contributed by atoms with van der Waals surface area (Å²) in [7, 11) is -3.69. The van der Waals surface area contributed by atoms with Crippen molar-refractivity contribution in [3.63, 3.8) is 0 Å². The largest absolute Gasteiger partial charge is 0.465 e. The summed E-state index contributed by atoms with van der Waals surface area (Å²) in [5.41, 5.74) is 2.44. The van der Waals surface area contributed by atoms with Gasteiger partial charge in [-0.15, -0.1) is 0 Å². The zero-order valence-electron chi connectivity index (χ0n) is 15.1. The highest BCUT2D eigenvalue weighted by Gasteiger charge is 2.30. The number of ether oxygens (including phenoxy) is 1. The number of nitrogens with zero attached hydrogens (tertiary/aromatic N) is 2. The van der Waals surface area contributed by atoms with Crippen LogP contribution in [0.3, 0.4) is 0 Å². The Morgan fingerprint density at radius 3 is 2.36 bits per heavy atom. The van der Waals surface area contributed by atoms with E-state index in [1.807, 2.05) is 0 Å². The van der Waals surface area contributed by atoms with Crippen molar-refractivity contribution >= 4 is 16.2 Å². The summed E-state index contributed by atoms with van der Waals surface area (Å²) in [6, 6.07) is 7.46. The molecular weight excluding hydrogens is 342 g/mol. The molecule has 25 heavy (non-hydrogen) atoms. The van der Waals surface area contributed by atoms with Crippen LogP contribution in [0.25, 0.3) is 0 Å². The lowest BCUT2D eigenvalue weighted by Crippen LogP contribution is -2.54. The van der Waals surface area contributed by atoms with Crippen molar-refractivity contribution in [2.75, 3.05) is 32.8 Å². The number of hydrogen-bond acceptors (Lipinski definition) is 5. The first-order valence-corrected chi connectivity index (χ1v) is 9.97. The van der Waals surface area contributed by atoms with Gasteiger partial charge in [0.1, 0.15) is 6.04 Å². The molecule has 1 atom stereocenters. The lowest BCUT2D eigenvalue weighted by Gasteiger charge is -2.34. The van der Waals surface area contributed by atoms with E-state index in [1.165, 1.54) is 22.4 Å². The van der Waals surface area contributed by atoms with Crippen LogP contribution in [0, 0.1) is 6.92 Å². The summed E-state index contributed by atoms with van der Waals surface area (Å²) >= 11 is 0. The molecule has 0 aromatic heterocycles. The van der Waals surface area contributed by atoms with Gasteiger partial charge in [0.25, 0.3) is 10.2 Å². The Morgan fingerprint density at radius 2 is 1.80 bits per heavy atom. The minimum Gasteiger partial charge on any atom is -0.465 e. The zero-order valence-corrected chi connectivity index (χ0v) is 15.9. The molecule has 1 aliphatic rings. The molecule has 1 fully saturated rings. The zero-order chi connectivity index (χ0) is 18.4. The molecule has 1 unspecified atom stereocenters. The van der Waals surface area contributed by atoms with Crippen LogP contribution in [0.1, 0.15) is 25.0 Å². The molecule has 0 radical (unpaired) electrons. The average Bonchev–Trinajstić information content (AvgIpc) is 2.57. The number of carbonyl (C=O) groups is 1. The Labute approximate surface area is 150 Å². The second kappa shape index (κ2) is 8.75. The molecule has 0 saturated carbocycles. The van der Waals surface area contributed by atoms with Crippen LogP contribution < -0.4 is 4.72 Å². The molecule has 2 rings (SSSR count). The molecule has 0 aliphatic carbocycles. The van der Waals surface area contributed by atoms with Gasteiger partial charge in [0, 0.05) is 32.7 Å². The molecule has 1 heterocycles. The third-order valence-corrected chi connectivity index (χ3v) is 5.86. The molecule has 1 aliphatic heterocycles. The predicted octanol–water partition coefficient (Wildman–Crippen LogP) is 0.899. The lowest BCUT2D eigenvalue weighted by molar-refractivity contribution is -0.144. The Bertz CT molecular complexity index is 668. The number of aryl methyl sites for hydroxylation is 1. The second-order valence-corrected chi connectivity index (χ2v) is 7.96. The van der Waals surface area contributed by atoms with E-state index in [-0.39, 0.29) is 6.61 Å². The predicted molar refractivity (Wildman–Crippen MR) is 96.2 cm³/mol. The Kier molecular flexibility index (Phi) is 6.95. The number of benzene rings is 1. The molecular formula is C17H27N3O4S. The molecule has 8 heteroatoms. The maximum atomic E-state index is 12.4. The third kappa shape index (κ3) is 5.78. The van der Waals surface area contributed by atoms with Crippen LogP contribution in [-0.2, 0) is 26.3 Å². The van der Waals surface area contributed by atoms with E-state index in [4.69, 9.17) is 4.74 Å². The Morgan fingerprint density at radius 1 is 1.20 bits per heavy atom. The van der Waals surface area contributed by atoms with Crippen molar-refractivity contribution in [1.29, 1.82) is 0 Å². The molecule has 1 aromatic rings. The van der Waals surface area contributed by atoms with E-state index in [9.17, 15) is 13.2 Å². The highest BCUT2D eigenvalue weighted by Crippen LogP contribution is 2.12. The molecule has 140 valence electrons. The van der Waals surface area contributed by atoms with E-state index in [2.05, 4.69) is 40.8 Å². The van der Waals surface area contributed by atoms with Gasteiger partial charge < -0.3 is 4.74 Å². The van der Waals surface area contributed by atoms with Gasteiger partial charge in [-0.1, -0.05) is 29.8 Å². The molecule has 1 saturated heterocycles. The van der Waals surface area contributed by atoms with E-state index >= 15 is 0 Å². The van der Waals surface area contributed by atoms with Crippen molar-refractivity contribution in [3.05, 3.63) is 35.4 Å². The lowest BCUT2D eigenvalue weighted by atomic mass is 10.1. The van der Waals surface area contributed by atoms with Crippen LogP contribution in [-0.4, -0.2) is 62.4 Å². The van der Waals surface area contributed by atoms with Crippen LogP contribution in [0.5, 0.6) is 0 Å². The van der Waals surface area contributed by atoms with Crippen molar-refractivity contribution < 1.29 is 17.9 Å². The monoisotopic (exact) mass is 369 g/mol. The van der Waals surface area contributed by atoms with Crippen molar-refractivity contribution in [3.8, 4) is 0 Å². The number of rotatable bonds is 7. The van der Waals surface area contributed by atoms with Gasteiger partial charge in [-0.3, -0.25) is 9.69 Å². The van der Waals surface area contributed by atoms with E-state index in [0.29, 0.717) is 26.2 Å². The number of piperazine rings is 1.